The average Bonchev–Trinajstić information content (AvgIpc) is 2.29. The van der Waals surface area contributed by atoms with Gasteiger partial charge in [-0.05, 0) is 36.8 Å². The van der Waals surface area contributed by atoms with Crippen LogP contribution in [-0.4, -0.2) is 4.98 Å². The van der Waals surface area contributed by atoms with E-state index < -0.39 is 0 Å². The van der Waals surface area contributed by atoms with Gasteiger partial charge in [0.1, 0.15) is 0 Å². The smallest absolute Gasteiger partial charge is 0.0409 e. The molecule has 0 fully saturated rings. The maximum Gasteiger partial charge on any atom is 0.0409 e. The van der Waals surface area contributed by atoms with Crippen molar-refractivity contribution in [2.45, 2.75) is 53.4 Å². The molecule has 1 aromatic heterocycles. The van der Waals surface area contributed by atoms with Crippen LogP contribution in [0, 0.1) is 11.8 Å². The molecule has 1 nitrogen and oxygen atoms in total. The lowest BCUT2D eigenvalue weighted by Gasteiger charge is -2.11. The van der Waals surface area contributed by atoms with Crippen LogP contribution in [0.2, 0.25) is 0 Å². The molecule has 0 saturated carbocycles. The van der Waals surface area contributed by atoms with Gasteiger partial charge in [-0.25, -0.2) is 0 Å². The quantitative estimate of drug-likeness (QED) is 0.696. The molecule has 0 aromatic carbocycles. The van der Waals surface area contributed by atoms with Gasteiger partial charge in [-0.15, -0.1) is 0 Å². The van der Waals surface area contributed by atoms with Crippen LogP contribution in [0.15, 0.2) is 18.2 Å². The Hall–Kier alpha value is -0.850. The summed E-state index contributed by atoms with van der Waals surface area (Å²) in [5.74, 6) is 1.48. The minimum atomic E-state index is 0.742. The molecule has 1 aromatic rings. The lowest BCUT2D eigenvalue weighted by atomic mass is 10.00. The molecule has 0 N–H and O–H groups in total. The predicted octanol–water partition coefficient (Wildman–Crippen LogP) is 4.26. The first-order chi connectivity index (χ1) is 7.65. The third kappa shape index (κ3) is 4.34. The van der Waals surface area contributed by atoms with Crippen molar-refractivity contribution in [3.63, 3.8) is 0 Å². The Morgan fingerprint density at radius 3 is 1.75 bits per heavy atom. The van der Waals surface area contributed by atoms with E-state index >= 15 is 0 Å². The van der Waals surface area contributed by atoms with Gasteiger partial charge in [-0.1, -0.05) is 46.6 Å². The highest BCUT2D eigenvalue weighted by Gasteiger charge is 2.05. The highest BCUT2D eigenvalue weighted by molar-refractivity contribution is 5.12. The molecule has 0 bridgehead atoms. The van der Waals surface area contributed by atoms with Crippen molar-refractivity contribution >= 4 is 0 Å². The van der Waals surface area contributed by atoms with Crippen molar-refractivity contribution in [3.05, 3.63) is 29.6 Å². The Morgan fingerprint density at radius 1 is 0.938 bits per heavy atom. The second kappa shape index (κ2) is 6.67. The van der Waals surface area contributed by atoms with E-state index in [2.05, 4.69) is 45.9 Å². The van der Waals surface area contributed by atoms with E-state index in [0.717, 1.165) is 24.7 Å². The van der Waals surface area contributed by atoms with Gasteiger partial charge in [0.25, 0.3) is 0 Å². The molecule has 90 valence electrons. The molecule has 0 amide bonds. The molecular formula is C15H25N. The maximum atomic E-state index is 4.75. The van der Waals surface area contributed by atoms with Gasteiger partial charge in [-0.2, -0.15) is 0 Å². The number of hydrogen-bond donors (Lipinski definition) is 0. The minimum Gasteiger partial charge on any atom is -0.258 e. The van der Waals surface area contributed by atoms with Crippen molar-refractivity contribution in [2.75, 3.05) is 0 Å². The molecule has 0 aliphatic heterocycles. The normalized spacial score (nSPS) is 14.8. The summed E-state index contributed by atoms with van der Waals surface area (Å²) in [5, 5.41) is 0. The molecule has 0 saturated heterocycles. The Labute approximate surface area is 100 Å². The zero-order chi connectivity index (χ0) is 12.0. The lowest BCUT2D eigenvalue weighted by molar-refractivity contribution is 0.537. The van der Waals surface area contributed by atoms with E-state index in [-0.39, 0.29) is 0 Å². The predicted molar refractivity (Wildman–Crippen MR) is 70.6 cm³/mol. The molecule has 0 aliphatic carbocycles. The second-order valence-corrected chi connectivity index (χ2v) is 5.06. The zero-order valence-electron chi connectivity index (χ0n) is 11.2. The van der Waals surface area contributed by atoms with Crippen LogP contribution in [0.5, 0.6) is 0 Å². The van der Waals surface area contributed by atoms with Crippen molar-refractivity contribution in [1.29, 1.82) is 0 Å². The van der Waals surface area contributed by atoms with E-state index in [9.17, 15) is 0 Å². The van der Waals surface area contributed by atoms with E-state index in [0.29, 0.717) is 0 Å². The molecule has 16 heavy (non-hydrogen) atoms. The van der Waals surface area contributed by atoms with E-state index in [4.69, 9.17) is 4.98 Å². The highest BCUT2D eigenvalue weighted by atomic mass is 14.7. The van der Waals surface area contributed by atoms with Crippen molar-refractivity contribution < 1.29 is 0 Å². The molecule has 1 heteroatoms. The van der Waals surface area contributed by atoms with Crippen molar-refractivity contribution in [2.24, 2.45) is 11.8 Å². The number of rotatable bonds is 6. The fraction of sp³-hybridized carbons (Fsp3) is 0.667. The zero-order valence-corrected chi connectivity index (χ0v) is 11.2. The molecule has 1 rings (SSSR count). The van der Waals surface area contributed by atoms with E-state index in [1.165, 1.54) is 24.2 Å². The summed E-state index contributed by atoms with van der Waals surface area (Å²) in [6.07, 6.45) is 4.70. The largest absolute Gasteiger partial charge is 0.258 e. The third-order valence-corrected chi connectivity index (χ3v) is 3.37. The summed E-state index contributed by atoms with van der Waals surface area (Å²) in [5.41, 5.74) is 2.52. The highest BCUT2D eigenvalue weighted by Crippen LogP contribution is 2.13. The van der Waals surface area contributed by atoms with Crippen molar-refractivity contribution in [1.82, 2.24) is 4.98 Å². The molecule has 2 atom stereocenters. The number of aromatic nitrogens is 1. The fourth-order valence-electron chi connectivity index (χ4n) is 1.76. The minimum absolute atomic E-state index is 0.742. The molecule has 2 unspecified atom stereocenters. The first-order valence-corrected chi connectivity index (χ1v) is 6.60. The summed E-state index contributed by atoms with van der Waals surface area (Å²) >= 11 is 0. The second-order valence-electron chi connectivity index (χ2n) is 5.06. The first-order valence-electron chi connectivity index (χ1n) is 6.60. The Bertz CT molecular complexity index is 279. The standard InChI is InChI=1S/C15H25N/c1-5-12(3)10-14-8-7-9-15(16-14)11-13(4)6-2/h7-9,12-13H,5-6,10-11H2,1-4H3. The van der Waals surface area contributed by atoms with Gasteiger partial charge < -0.3 is 0 Å². The van der Waals surface area contributed by atoms with Crippen LogP contribution in [-0.2, 0) is 12.8 Å². The van der Waals surface area contributed by atoms with Gasteiger partial charge in [-0.3, -0.25) is 4.98 Å². The molecule has 0 spiro atoms. The topological polar surface area (TPSA) is 12.9 Å². The summed E-state index contributed by atoms with van der Waals surface area (Å²) in [6.45, 7) is 9.08. The van der Waals surface area contributed by atoms with Gasteiger partial charge in [0, 0.05) is 11.4 Å². The van der Waals surface area contributed by atoms with Crippen LogP contribution in [0.4, 0.5) is 0 Å². The van der Waals surface area contributed by atoms with E-state index in [1.54, 1.807) is 0 Å². The van der Waals surface area contributed by atoms with Gasteiger partial charge in [0.2, 0.25) is 0 Å². The van der Waals surface area contributed by atoms with Crippen LogP contribution in [0.3, 0.4) is 0 Å². The average molecular weight is 219 g/mol. The molecule has 1 heterocycles. The van der Waals surface area contributed by atoms with Gasteiger partial charge >= 0.3 is 0 Å². The van der Waals surface area contributed by atoms with Crippen LogP contribution >= 0.6 is 0 Å². The van der Waals surface area contributed by atoms with E-state index in [1.807, 2.05) is 0 Å². The van der Waals surface area contributed by atoms with Gasteiger partial charge in [0.05, 0.1) is 0 Å². The Morgan fingerprint density at radius 2 is 1.38 bits per heavy atom. The summed E-state index contributed by atoms with van der Waals surface area (Å²) in [6, 6.07) is 6.47. The molecule has 0 radical (unpaired) electrons. The summed E-state index contributed by atoms with van der Waals surface area (Å²) in [7, 11) is 0. The number of pyridine rings is 1. The third-order valence-electron chi connectivity index (χ3n) is 3.37. The molecular weight excluding hydrogens is 194 g/mol. The SMILES string of the molecule is CCC(C)Cc1cccc(CC(C)CC)n1. The Balaban J connectivity index is 2.63. The van der Waals surface area contributed by atoms with Crippen LogP contribution < -0.4 is 0 Å². The van der Waals surface area contributed by atoms with Crippen molar-refractivity contribution in [3.8, 4) is 0 Å². The fourth-order valence-corrected chi connectivity index (χ4v) is 1.76. The summed E-state index contributed by atoms with van der Waals surface area (Å²) < 4.78 is 0. The van der Waals surface area contributed by atoms with Gasteiger partial charge in [0.15, 0.2) is 0 Å². The summed E-state index contributed by atoms with van der Waals surface area (Å²) in [4.78, 5) is 4.75. The molecule has 0 aliphatic rings. The lowest BCUT2D eigenvalue weighted by Crippen LogP contribution is -2.05. The van der Waals surface area contributed by atoms with Crippen LogP contribution in [0.1, 0.15) is 51.9 Å². The monoisotopic (exact) mass is 219 g/mol. The first kappa shape index (κ1) is 13.2. The number of nitrogens with zero attached hydrogens (tertiary/aromatic N) is 1. The van der Waals surface area contributed by atoms with Crippen LogP contribution in [0.25, 0.3) is 0 Å². The number of hydrogen-bond acceptors (Lipinski definition) is 1. The Kier molecular flexibility index (Phi) is 5.51. The maximum absolute atomic E-state index is 4.75.